The first-order valence-corrected chi connectivity index (χ1v) is 8.42. The summed E-state index contributed by atoms with van der Waals surface area (Å²) in [5, 5.41) is 12.9. The maximum absolute atomic E-state index is 12.4. The second kappa shape index (κ2) is 6.20. The van der Waals surface area contributed by atoms with Gasteiger partial charge < -0.3 is 0 Å². The van der Waals surface area contributed by atoms with Gasteiger partial charge in [0.25, 0.3) is 10.0 Å². The molecule has 116 valence electrons. The molecule has 2 rings (SSSR count). The molecule has 0 fully saturated rings. The summed E-state index contributed by atoms with van der Waals surface area (Å²) in [6.07, 6.45) is 2.45. The van der Waals surface area contributed by atoms with E-state index in [1.165, 1.54) is 10.9 Å². The Labute approximate surface area is 130 Å². The number of nitriles is 1. The van der Waals surface area contributed by atoms with Gasteiger partial charge in [-0.1, -0.05) is 26.0 Å². The second-order valence-electron chi connectivity index (χ2n) is 5.16. The number of hydrogen-bond acceptors (Lipinski definition) is 4. The molecule has 0 amide bonds. The molecule has 2 aromatic rings. The van der Waals surface area contributed by atoms with Crippen LogP contribution in [0.3, 0.4) is 0 Å². The van der Waals surface area contributed by atoms with Gasteiger partial charge in [0, 0.05) is 13.2 Å². The highest BCUT2D eigenvalue weighted by molar-refractivity contribution is 7.92. The van der Waals surface area contributed by atoms with Gasteiger partial charge in [0.15, 0.2) is 5.82 Å². The van der Waals surface area contributed by atoms with E-state index in [4.69, 9.17) is 5.26 Å². The van der Waals surface area contributed by atoms with E-state index < -0.39 is 10.0 Å². The molecule has 0 unspecified atom stereocenters. The summed E-state index contributed by atoms with van der Waals surface area (Å²) in [6.45, 7) is 4.18. The van der Waals surface area contributed by atoms with Crippen molar-refractivity contribution < 1.29 is 8.42 Å². The van der Waals surface area contributed by atoms with Crippen molar-refractivity contribution in [3.63, 3.8) is 0 Å². The van der Waals surface area contributed by atoms with Gasteiger partial charge in [-0.25, -0.2) is 8.42 Å². The van der Waals surface area contributed by atoms with Crippen molar-refractivity contribution in [2.75, 3.05) is 4.72 Å². The number of sulfonamides is 1. The molecule has 6 nitrogen and oxygen atoms in total. The first-order valence-electron chi connectivity index (χ1n) is 6.94. The van der Waals surface area contributed by atoms with Gasteiger partial charge in [0.1, 0.15) is 11.6 Å². The van der Waals surface area contributed by atoms with Gasteiger partial charge in [0.05, 0.1) is 4.90 Å². The monoisotopic (exact) mass is 318 g/mol. The molecule has 0 saturated heterocycles. The molecule has 1 aromatic carbocycles. The van der Waals surface area contributed by atoms with Crippen LogP contribution in [0.25, 0.3) is 0 Å². The molecule has 1 N–H and O–H groups in total. The predicted molar refractivity (Wildman–Crippen MR) is 83.9 cm³/mol. The summed E-state index contributed by atoms with van der Waals surface area (Å²) in [6, 6.07) is 8.67. The molecule has 0 saturated carbocycles. The van der Waals surface area contributed by atoms with Crippen LogP contribution < -0.4 is 4.72 Å². The number of aryl methyl sites for hydroxylation is 1. The number of rotatable bonds is 5. The fourth-order valence-corrected chi connectivity index (χ4v) is 3.06. The topological polar surface area (TPSA) is 87.8 Å². The van der Waals surface area contributed by atoms with Crippen LogP contribution in [-0.4, -0.2) is 18.2 Å². The number of nitrogens with one attached hydrogen (secondary N) is 1. The minimum absolute atomic E-state index is 0.0380. The third kappa shape index (κ3) is 3.28. The van der Waals surface area contributed by atoms with Crippen molar-refractivity contribution in [3.05, 3.63) is 41.6 Å². The average molecular weight is 318 g/mol. The Morgan fingerprint density at radius 2 is 2.00 bits per heavy atom. The molecule has 0 aliphatic rings. The van der Waals surface area contributed by atoms with Crippen molar-refractivity contribution in [2.24, 2.45) is 7.05 Å². The maximum atomic E-state index is 12.4. The minimum atomic E-state index is -3.76. The Bertz CT molecular complexity index is 801. The van der Waals surface area contributed by atoms with E-state index in [9.17, 15) is 8.42 Å². The molecule has 0 radical (unpaired) electrons. The Balaban J connectivity index is 2.29. The largest absolute Gasteiger partial charge is 0.272 e. The standard InChI is InChI=1S/C15H18N4O2S/c1-4-11(2)12-5-7-14(8-6-12)22(20,21)18-15-13(9-16)10-19(3)17-15/h5-8,10-11H,4H2,1-3H3,(H,17,18)/t11-/m1/s1. The SMILES string of the molecule is CC[C@@H](C)c1ccc(S(=O)(=O)Nc2nn(C)cc2C#N)cc1. The van der Waals surface area contributed by atoms with Crippen molar-refractivity contribution in [2.45, 2.75) is 31.1 Å². The number of nitrogens with zero attached hydrogens (tertiary/aromatic N) is 3. The van der Waals surface area contributed by atoms with E-state index in [2.05, 4.69) is 23.7 Å². The summed E-state index contributed by atoms with van der Waals surface area (Å²) >= 11 is 0. The van der Waals surface area contributed by atoms with E-state index in [1.807, 2.05) is 18.2 Å². The van der Waals surface area contributed by atoms with Gasteiger partial charge in [-0.3, -0.25) is 9.40 Å². The smallest absolute Gasteiger partial charge is 0.263 e. The van der Waals surface area contributed by atoms with Crippen molar-refractivity contribution in [3.8, 4) is 6.07 Å². The van der Waals surface area contributed by atoms with Crippen LogP contribution in [0.4, 0.5) is 5.82 Å². The highest BCUT2D eigenvalue weighted by atomic mass is 32.2. The lowest BCUT2D eigenvalue weighted by Crippen LogP contribution is -2.14. The number of benzene rings is 1. The molecule has 0 spiro atoms. The summed E-state index contributed by atoms with van der Waals surface area (Å²) in [5.74, 6) is 0.418. The highest BCUT2D eigenvalue weighted by Gasteiger charge is 2.18. The molecule has 1 heterocycles. The Morgan fingerprint density at radius 3 is 2.55 bits per heavy atom. The molecular weight excluding hydrogens is 300 g/mol. The first-order chi connectivity index (χ1) is 10.4. The summed E-state index contributed by atoms with van der Waals surface area (Å²) < 4.78 is 28.5. The number of anilines is 1. The maximum Gasteiger partial charge on any atom is 0.263 e. The molecule has 22 heavy (non-hydrogen) atoms. The Kier molecular flexibility index (Phi) is 4.52. The fourth-order valence-electron chi connectivity index (χ4n) is 2.04. The lowest BCUT2D eigenvalue weighted by atomic mass is 9.99. The van der Waals surface area contributed by atoms with E-state index >= 15 is 0 Å². The molecule has 7 heteroatoms. The molecule has 1 aromatic heterocycles. The van der Waals surface area contributed by atoms with Gasteiger partial charge in [-0.05, 0) is 30.0 Å². The van der Waals surface area contributed by atoms with E-state index in [-0.39, 0.29) is 16.3 Å². The van der Waals surface area contributed by atoms with Crippen LogP contribution in [0.2, 0.25) is 0 Å². The summed E-state index contributed by atoms with van der Waals surface area (Å²) in [4.78, 5) is 0.147. The van der Waals surface area contributed by atoms with Crippen LogP contribution in [0, 0.1) is 11.3 Å². The van der Waals surface area contributed by atoms with E-state index in [0.717, 1.165) is 12.0 Å². The third-order valence-electron chi connectivity index (χ3n) is 3.55. The molecular formula is C15H18N4O2S. The van der Waals surface area contributed by atoms with Gasteiger partial charge >= 0.3 is 0 Å². The zero-order chi connectivity index (χ0) is 16.3. The predicted octanol–water partition coefficient (Wildman–Crippen LogP) is 2.61. The zero-order valence-corrected chi connectivity index (χ0v) is 13.6. The number of aromatic nitrogens is 2. The van der Waals surface area contributed by atoms with Crippen LogP contribution >= 0.6 is 0 Å². The van der Waals surface area contributed by atoms with Crippen LogP contribution in [0.5, 0.6) is 0 Å². The van der Waals surface area contributed by atoms with Gasteiger partial charge in [-0.2, -0.15) is 10.4 Å². The van der Waals surface area contributed by atoms with Crippen molar-refractivity contribution in [1.82, 2.24) is 9.78 Å². The van der Waals surface area contributed by atoms with Crippen LogP contribution in [0.15, 0.2) is 35.4 Å². The van der Waals surface area contributed by atoms with Crippen molar-refractivity contribution in [1.29, 1.82) is 5.26 Å². The lowest BCUT2D eigenvalue weighted by Gasteiger charge is -2.10. The summed E-state index contributed by atoms with van der Waals surface area (Å²) in [7, 11) is -2.13. The van der Waals surface area contributed by atoms with Crippen LogP contribution in [0.1, 0.15) is 37.3 Å². The average Bonchev–Trinajstić information content (AvgIpc) is 2.85. The molecule has 1 atom stereocenters. The summed E-state index contributed by atoms with van der Waals surface area (Å²) in [5.41, 5.74) is 1.28. The second-order valence-corrected chi connectivity index (χ2v) is 6.84. The Morgan fingerprint density at radius 1 is 1.36 bits per heavy atom. The minimum Gasteiger partial charge on any atom is -0.272 e. The lowest BCUT2D eigenvalue weighted by molar-refractivity contribution is 0.600. The fraction of sp³-hybridized carbons (Fsp3) is 0.333. The number of hydrogen-bond donors (Lipinski definition) is 1. The highest BCUT2D eigenvalue weighted by Crippen LogP contribution is 2.22. The molecule has 0 aliphatic carbocycles. The molecule has 0 aliphatic heterocycles. The van der Waals surface area contributed by atoms with Gasteiger partial charge in [-0.15, -0.1) is 0 Å². The van der Waals surface area contributed by atoms with Crippen LogP contribution in [-0.2, 0) is 17.1 Å². The van der Waals surface area contributed by atoms with E-state index in [1.54, 1.807) is 19.2 Å². The quantitative estimate of drug-likeness (QED) is 0.918. The zero-order valence-electron chi connectivity index (χ0n) is 12.7. The molecule has 0 bridgehead atoms. The Hall–Kier alpha value is -2.33. The van der Waals surface area contributed by atoms with Crippen molar-refractivity contribution >= 4 is 15.8 Å². The normalized spacial score (nSPS) is 12.6. The van der Waals surface area contributed by atoms with E-state index in [0.29, 0.717) is 5.92 Å². The van der Waals surface area contributed by atoms with Gasteiger partial charge in [0.2, 0.25) is 0 Å². The first kappa shape index (κ1) is 16.0. The third-order valence-corrected chi connectivity index (χ3v) is 4.91.